The van der Waals surface area contributed by atoms with E-state index in [-0.39, 0.29) is 0 Å². The summed E-state index contributed by atoms with van der Waals surface area (Å²) in [6.07, 6.45) is 0. The lowest BCUT2D eigenvalue weighted by molar-refractivity contribution is 0.312. The van der Waals surface area contributed by atoms with Gasteiger partial charge in [-0.1, -0.05) is 23.2 Å². The minimum atomic E-state index is 0.503. The van der Waals surface area contributed by atoms with Gasteiger partial charge in [0.2, 0.25) is 5.95 Å². The van der Waals surface area contributed by atoms with Crippen molar-refractivity contribution in [3.63, 3.8) is 0 Å². The number of aromatic nitrogens is 2. The van der Waals surface area contributed by atoms with Gasteiger partial charge in [0.25, 0.3) is 0 Å². The summed E-state index contributed by atoms with van der Waals surface area (Å²) < 4.78 is 0. The smallest absolute Gasteiger partial charge is 0.229 e. The third-order valence-electron chi connectivity index (χ3n) is 3.84. The quantitative estimate of drug-likeness (QED) is 0.915. The molecule has 5 nitrogen and oxygen atoms in total. The molecule has 1 saturated heterocycles. The Morgan fingerprint density at radius 1 is 1.00 bits per heavy atom. The van der Waals surface area contributed by atoms with Crippen molar-refractivity contribution in [1.82, 2.24) is 14.9 Å². The summed E-state index contributed by atoms with van der Waals surface area (Å²) >= 11 is 12.0. The highest BCUT2D eigenvalue weighted by Crippen LogP contribution is 2.27. The molecule has 0 spiro atoms. The zero-order valence-electron chi connectivity index (χ0n) is 13.2. The van der Waals surface area contributed by atoms with Crippen molar-refractivity contribution in [2.75, 3.05) is 43.4 Å². The molecule has 2 heterocycles. The summed E-state index contributed by atoms with van der Waals surface area (Å²) in [6, 6.07) is 7.40. The number of nitrogens with zero attached hydrogens (tertiary/aromatic N) is 4. The Labute approximate surface area is 146 Å². The minimum absolute atomic E-state index is 0.503. The molecule has 7 heteroatoms. The predicted molar refractivity (Wildman–Crippen MR) is 96.2 cm³/mol. The molecule has 0 saturated carbocycles. The fourth-order valence-corrected chi connectivity index (χ4v) is 2.81. The van der Waals surface area contributed by atoms with Crippen LogP contribution >= 0.6 is 23.2 Å². The van der Waals surface area contributed by atoms with Crippen LogP contribution in [0.15, 0.2) is 24.3 Å². The first-order valence-corrected chi connectivity index (χ1v) is 8.28. The van der Waals surface area contributed by atoms with Crippen molar-refractivity contribution in [3.8, 4) is 0 Å². The maximum atomic E-state index is 6.05. The molecule has 3 rings (SSSR count). The molecular weight excluding hydrogens is 333 g/mol. The summed E-state index contributed by atoms with van der Waals surface area (Å²) in [7, 11) is 2.14. The van der Waals surface area contributed by atoms with Crippen molar-refractivity contribution in [1.29, 1.82) is 0 Å². The van der Waals surface area contributed by atoms with Crippen LogP contribution in [-0.4, -0.2) is 48.1 Å². The number of benzene rings is 1. The summed E-state index contributed by atoms with van der Waals surface area (Å²) in [5.41, 5.74) is 1.74. The van der Waals surface area contributed by atoms with Crippen molar-refractivity contribution < 1.29 is 0 Å². The normalized spacial score (nSPS) is 15.7. The second-order valence-electron chi connectivity index (χ2n) is 5.74. The average Bonchev–Trinajstić information content (AvgIpc) is 2.51. The van der Waals surface area contributed by atoms with Gasteiger partial charge in [0.1, 0.15) is 5.82 Å². The standard InChI is InChI=1S/C16H19Cl2N5/c1-11-9-15(23-7-5-22(2)6-8-23)21-16(19-11)20-12-3-4-13(17)14(18)10-12/h3-4,9-10H,5-8H2,1-2H3,(H,19,20,21). The van der Waals surface area contributed by atoms with Gasteiger partial charge in [-0.05, 0) is 32.2 Å². The Bertz CT molecular complexity index is 699. The van der Waals surface area contributed by atoms with E-state index in [2.05, 4.69) is 32.1 Å². The summed E-state index contributed by atoms with van der Waals surface area (Å²) in [5.74, 6) is 1.52. The van der Waals surface area contributed by atoms with Gasteiger partial charge < -0.3 is 15.1 Å². The van der Waals surface area contributed by atoms with E-state index in [1.165, 1.54) is 0 Å². The van der Waals surface area contributed by atoms with Crippen LogP contribution in [0.4, 0.5) is 17.5 Å². The van der Waals surface area contributed by atoms with Gasteiger partial charge >= 0.3 is 0 Å². The van der Waals surface area contributed by atoms with Crippen molar-refractivity contribution in [3.05, 3.63) is 40.0 Å². The lowest BCUT2D eigenvalue weighted by Gasteiger charge is -2.33. The van der Waals surface area contributed by atoms with Crippen molar-refractivity contribution in [2.45, 2.75) is 6.92 Å². The highest BCUT2D eigenvalue weighted by molar-refractivity contribution is 6.42. The number of hydrogen-bond acceptors (Lipinski definition) is 5. The third-order valence-corrected chi connectivity index (χ3v) is 4.58. The Hall–Kier alpha value is -1.56. The number of hydrogen-bond donors (Lipinski definition) is 1. The molecule has 0 amide bonds. The molecular formula is C16H19Cl2N5. The first-order chi connectivity index (χ1) is 11.0. The molecule has 122 valence electrons. The van der Waals surface area contributed by atoms with Gasteiger partial charge in [0.05, 0.1) is 10.0 Å². The maximum Gasteiger partial charge on any atom is 0.229 e. The molecule has 1 aromatic heterocycles. The summed E-state index contributed by atoms with van der Waals surface area (Å²) in [4.78, 5) is 13.7. The van der Waals surface area contributed by atoms with Gasteiger partial charge in [-0.3, -0.25) is 0 Å². The molecule has 2 aromatic rings. The minimum Gasteiger partial charge on any atom is -0.354 e. The highest BCUT2D eigenvalue weighted by atomic mass is 35.5. The van der Waals surface area contributed by atoms with E-state index in [1.807, 2.05) is 19.1 Å². The number of rotatable bonds is 3. The van der Waals surface area contributed by atoms with Gasteiger partial charge in [0.15, 0.2) is 0 Å². The lowest BCUT2D eigenvalue weighted by Crippen LogP contribution is -2.44. The van der Waals surface area contributed by atoms with E-state index in [9.17, 15) is 0 Å². The zero-order valence-corrected chi connectivity index (χ0v) is 14.7. The Morgan fingerprint density at radius 3 is 2.43 bits per heavy atom. The molecule has 0 radical (unpaired) electrons. The van der Waals surface area contributed by atoms with Crippen LogP contribution in [0.5, 0.6) is 0 Å². The Kier molecular flexibility index (Phi) is 4.90. The Balaban J connectivity index is 1.81. The molecule has 0 aliphatic carbocycles. The SMILES string of the molecule is Cc1cc(N2CCN(C)CC2)nc(Nc2ccc(Cl)c(Cl)c2)n1. The molecule has 1 aliphatic heterocycles. The van der Waals surface area contributed by atoms with Gasteiger partial charge in [-0.25, -0.2) is 4.98 Å². The molecule has 0 bridgehead atoms. The van der Waals surface area contributed by atoms with Crippen LogP contribution in [0, 0.1) is 6.92 Å². The molecule has 1 fully saturated rings. The number of aryl methyl sites for hydroxylation is 1. The van der Waals surface area contributed by atoms with Crippen LogP contribution < -0.4 is 10.2 Å². The number of anilines is 3. The van der Waals surface area contributed by atoms with E-state index in [4.69, 9.17) is 23.2 Å². The topological polar surface area (TPSA) is 44.3 Å². The van der Waals surface area contributed by atoms with Gasteiger partial charge in [0, 0.05) is 43.6 Å². The van der Waals surface area contributed by atoms with E-state index in [0.29, 0.717) is 16.0 Å². The van der Waals surface area contributed by atoms with E-state index in [0.717, 1.165) is 43.4 Å². The third kappa shape index (κ3) is 4.05. The van der Waals surface area contributed by atoms with Crippen LogP contribution in [-0.2, 0) is 0 Å². The van der Waals surface area contributed by atoms with E-state index < -0.39 is 0 Å². The van der Waals surface area contributed by atoms with Gasteiger partial charge in [-0.15, -0.1) is 0 Å². The highest BCUT2D eigenvalue weighted by Gasteiger charge is 2.16. The van der Waals surface area contributed by atoms with E-state index >= 15 is 0 Å². The lowest BCUT2D eigenvalue weighted by atomic mass is 10.3. The number of nitrogens with one attached hydrogen (secondary N) is 1. The fourth-order valence-electron chi connectivity index (χ4n) is 2.51. The largest absolute Gasteiger partial charge is 0.354 e. The predicted octanol–water partition coefficient (Wildman–Crippen LogP) is 3.59. The van der Waals surface area contributed by atoms with Crippen LogP contribution in [0.2, 0.25) is 10.0 Å². The Morgan fingerprint density at radius 2 is 1.74 bits per heavy atom. The van der Waals surface area contributed by atoms with Gasteiger partial charge in [-0.2, -0.15) is 4.98 Å². The molecule has 0 atom stereocenters. The first kappa shape index (κ1) is 16.3. The van der Waals surface area contributed by atoms with Crippen LogP contribution in [0.1, 0.15) is 5.69 Å². The summed E-state index contributed by atoms with van der Waals surface area (Å²) in [6.45, 7) is 6.00. The monoisotopic (exact) mass is 351 g/mol. The molecule has 23 heavy (non-hydrogen) atoms. The number of piperazine rings is 1. The fraction of sp³-hybridized carbons (Fsp3) is 0.375. The molecule has 1 aromatic carbocycles. The number of likely N-dealkylation sites (N-methyl/N-ethyl adjacent to an activating group) is 1. The zero-order chi connectivity index (χ0) is 16.4. The molecule has 1 N–H and O–H groups in total. The van der Waals surface area contributed by atoms with Crippen molar-refractivity contribution in [2.24, 2.45) is 0 Å². The second kappa shape index (κ2) is 6.91. The van der Waals surface area contributed by atoms with Crippen LogP contribution in [0.3, 0.4) is 0 Å². The van der Waals surface area contributed by atoms with E-state index in [1.54, 1.807) is 12.1 Å². The first-order valence-electron chi connectivity index (χ1n) is 7.52. The second-order valence-corrected chi connectivity index (χ2v) is 6.55. The maximum absolute atomic E-state index is 6.05. The molecule has 1 aliphatic rings. The molecule has 0 unspecified atom stereocenters. The average molecular weight is 352 g/mol. The number of halogens is 2. The van der Waals surface area contributed by atoms with Crippen molar-refractivity contribution >= 4 is 40.7 Å². The van der Waals surface area contributed by atoms with Crippen LogP contribution in [0.25, 0.3) is 0 Å². The summed E-state index contributed by atoms with van der Waals surface area (Å²) in [5, 5.41) is 4.23.